The Hall–Kier alpha value is -0.120. The summed E-state index contributed by atoms with van der Waals surface area (Å²) in [7, 11) is 1.64. The van der Waals surface area contributed by atoms with E-state index in [1.54, 1.807) is 7.11 Å². The summed E-state index contributed by atoms with van der Waals surface area (Å²) in [4.78, 5) is 2.38. The molecule has 0 spiro atoms. The van der Waals surface area contributed by atoms with Crippen molar-refractivity contribution in [1.82, 2.24) is 4.90 Å². The Balaban J connectivity index is 2.29. The van der Waals surface area contributed by atoms with Crippen molar-refractivity contribution < 1.29 is 9.84 Å². The Kier molecular flexibility index (Phi) is 6.32. The van der Waals surface area contributed by atoms with Crippen LogP contribution in [0.5, 0.6) is 0 Å². The van der Waals surface area contributed by atoms with Crippen molar-refractivity contribution >= 4 is 0 Å². The van der Waals surface area contributed by atoms with Gasteiger partial charge in [0.15, 0.2) is 0 Å². The van der Waals surface area contributed by atoms with Crippen LogP contribution in [-0.4, -0.2) is 49.5 Å². The van der Waals surface area contributed by atoms with Gasteiger partial charge in [0.2, 0.25) is 0 Å². The van der Waals surface area contributed by atoms with Crippen molar-refractivity contribution in [2.75, 3.05) is 33.4 Å². The van der Waals surface area contributed by atoms with Gasteiger partial charge >= 0.3 is 0 Å². The second kappa shape index (κ2) is 7.25. The topological polar surface area (TPSA) is 32.7 Å². The molecule has 1 fully saturated rings. The maximum Gasteiger partial charge on any atom is 0.0900 e. The molecule has 2 atom stereocenters. The summed E-state index contributed by atoms with van der Waals surface area (Å²) in [5.74, 6) is 1.66. The molecule has 0 amide bonds. The van der Waals surface area contributed by atoms with Crippen molar-refractivity contribution in [2.24, 2.45) is 11.8 Å². The van der Waals surface area contributed by atoms with Crippen molar-refractivity contribution in [2.45, 2.75) is 39.2 Å². The van der Waals surface area contributed by atoms with Crippen molar-refractivity contribution in [3.05, 3.63) is 0 Å². The minimum Gasteiger partial charge on any atom is -0.389 e. The normalized spacial score (nSPS) is 25.7. The predicted molar refractivity (Wildman–Crippen MR) is 66.5 cm³/mol. The fraction of sp³-hybridized carbons (Fsp3) is 1.00. The van der Waals surface area contributed by atoms with Crippen LogP contribution >= 0.6 is 0 Å². The van der Waals surface area contributed by atoms with Gasteiger partial charge in [0, 0.05) is 13.7 Å². The largest absolute Gasteiger partial charge is 0.389 e. The molecule has 3 nitrogen and oxygen atoms in total. The van der Waals surface area contributed by atoms with E-state index >= 15 is 0 Å². The minimum absolute atomic E-state index is 0.333. The maximum atomic E-state index is 9.70. The van der Waals surface area contributed by atoms with Gasteiger partial charge in [0.25, 0.3) is 0 Å². The van der Waals surface area contributed by atoms with Gasteiger partial charge in [-0.3, -0.25) is 0 Å². The van der Waals surface area contributed by atoms with Gasteiger partial charge in [-0.25, -0.2) is 0 Å². The lowest BCUT2D eigenvalue weighted by atomic mass is 9.89. The molecule has 0 aromatic carbocycles. The van der Waals surface area contributed by atoms with Crippen LogP contribution in [0.3, 0.4) is 0 Å². The van der Waals surface area contributed by atoms with E-state index in [1.807, 2.05) is 0 Å². The zero-order valence-corrected chi connectivity index (χ0v) is 11.0. The third-order valence-corrected chi connectivity index (χ3v) is 3.64. The average molecular weight is 229 g/mol. The molecular weight excluding hydrogens is 202 g/mol. The number of β-amino-alcohol motifs (C(OH)–C–C–N with tert-alkyl or cyclic N) is 1. The fourth-order valence-electron chi connectivity index (χ4n) is 2.57. The number of hydrogen-bond acceptors (Lipinski definition) is 3. The van der Waals surface area contributed by atoms with E-state index < -0.39 is 0 Å². The zero-order valence-electron chi connectivity index (χ0n) is 11.0. The highest BCUT2D eigenvalue weighted by atomic mass is 16.5. The average Bonchev–Trinajstić information content (AvgIpc) is 2.43. The molecule has 1 aliphatic heterocycles. The van der Waals surface area contributed by atoms with Crippen molar-refractivity contribution in [3.63, 3.8) is 0 Å². The van der Waals surface area contributed by atoms with Crippen LogP contribution in [-0.2, 0) is 4.74 Å². The van der Waals surface area contributed by atoms with Crippen LogP contribution in [0.25, 0.3) is 0 Å². The summed E-state index contributed by atoms with van der Waals surface area (Å²) in [6.45, 7) is 8.11. The molecular formula is C13H27NO2. The smallest absolute Gasteiger partial charge is 0.0900 e. The zero-order chi connectivity index (χ0) is 12.0. The highest BCUT2D eigenvalue weighted by Crippen LogP contribution is 2.24. The van der Waals surface area contributed by atoms with Crippen LogP contribution in [0, 0.1) is 11.8 Å². The van der Waals surface area contributed by atoms with E-state index in [1.165, 1.54) is 19.3 Å². The first-order chi connectivity index (χ1) is 7.63. The second-order valence-electron chi connectivity index (χ2n) is 5.34. The van der Waals surface area contributed by atoms with Crippen LogP contribution in [0.15, 0.2) is 0 Å². The number of rotatable bonds is 5. The van der Waals surface area contributed by atoms with Gasteiger partial charge in [-0.05, 0) is 44.2 Å². The fourth-order valence-corrected chi connectivity index (χ4v) is 2.57. The summed E-state index contributed by atoms with van der Waals surface area (Å²) in [6, 6.07) is 0. The lowest BCUT2D eigenvalue weighted by Crippen LogP contribution is -2.35. The summed E-state index contributed by atoms with van der Waals surface area (Å²) in [6.07, 6.45) is 3.55. The van der Waals surface area contributed by atoms with E-state index in [-0.39, 0.29) is 6.10 Å². The third kappa shape index (κ3) is 4.81. The quantitative estimate of drug-likeness (QED) is 0.779. The molecule has 0 bridgehead atoms. The van der Waals surface area contributed by atoms with Gasteiger partial charge in [0.1, 0.15) is 0 Å². The first kappa shape index (κ1) is 13.9. The number of methoxy groups -OCH3 is 1. The number of nitrogens with zero attached hydrogens (tertiary/aromatic N) is 1. The van der Waals surface area contributed by atoms with Gasteiger partial charge in [-0.1, -0.05) is 13.8 Å². The molecule has 3 heteroatoms. The number of aliphatic hydroxyl groups is 1. The van der Waals surface area contributed by atoms with Crippen molar-refractivity contribution in [3.8, 4) is 0 Å². The molecule has 0 aliphatic carbocycles. The lowest BCUT2D eigenvalue weighted by molar-refractivity contribution is 0.0381. The molecule has 0 unspecified atom stereocenters. The molecule has 1 N–H and O–H groups in total. The molecule has 1 heterocycles. The predicted octanol–water partition coefficient (Wildman–Crippen LogP) is 1.75. The van der Waals surface area contributed by atoms with Crippen LogP contribution in [0.1, 0.15) is 33.1 Å². The Morgan fingerprint density at radius 2 is 2.06 bits per heavy atom. The van der Waals surface area contributed by atoms with Crippen LogP contribution in [0.2, 0.25) is 0 Å². The molecule has 0 radical (unpaired) electrons. The summed E-state index contributed by atoms with van der Waals surface area (Å²) >= 11 is 0. The molecule has 16 heavy (non-hydrogen) atoms. The highest BCUT2D eigenvalue weighted by Gasteiger charge is 2.20. The highest BCUT2D eigenvalue weighted by molar-refractivity contribution is 4.73. The van der Waals surface area contributed by atoms with Crippen LogP contribution in [0.4, 0.5) is 0 Å². The first-order valence-corrected chi connectivity index (χ1v) is 6.52. The third-order valence-electron chi connectivity index (χ3n) is 3.64. The Morgan fingerprint density at radius 1 is 1.31 bits per heavy atom. The lowest BCUT2D eigenvalue weighted by Gasteiger charge is -2.23. The Bertz CT molecular complexity index is 185. The maximum absolute atomic E-state index is 9.70. The van der Waals surface area contributed by atoms with E-state index in [9.17, 15) is 5.11 Å². The number of ether oxygens (including phenoxy) is 1. The molecule has 1 aliphatic rings. The second-order valence-corrected chi connectivity index (χ2v) is 5.34. The molecule has 1 rings (SSSR count). The molecule has 1 saturated heterocycles. The summed E-state index contributed by atoms with van der Waals surface area (Å²) in [5.41, 5.74) is 0. The van der Waals surface area contributed by atoms with E-state index in [0.29, 0.717) is 6.61 Å². The molecule has 96 valence electrons. The number of aliphatic hydroxyl groups excluding tert-OH is 1. The van der Waals surface area contributed by atoms with E-state index in [4.69, 9.17) is 4.74 Å². The summed E-state index contributed by atoms with van der Waals surface area (Å²) < 4.78 is 4.96. The monoisotopic (exact) mass is 229 g/mol. The van der Waals surface area contributed by atoms with Crippen LogP contribution < -0.4 is 0 Å². The van der Waals surface area contributed by atoms with Gasteiger partial charge in [-0.2, -0.15) is 0 Å². The number of likely N-dealkylation sites (tertiary alicyclic amines) is 1. The van der Waals surface area contributed by atoms with Gasteiger partial charge < -0.3 is 14.7 Å². The van der Waals surface area contributed by atoms with Gasteiger partial charge in [-0.15, -0.1) is 0 Å². The standard InChI is InChI=1S/C13H27NO2/c1-11(2)12-5-4-7-14(8-6-12)9-13(15)10-16-3/h11-13,15H,4-10H2,1-3H3/t12-,13+/m1/s1. The minimum atomic E-state index is -0.333. The molecule has 0 aromatic rings. The van der Waals surface area contributed by atoms with Crippen molar-refractivity contribution in [1.29, 1.82) is 0 Å². The summed E-state index contributed by atoms with van der Waals surface area (Å²) in [5, 5.41) is 9.70. The van der Waals surface area contributed by atoms with E-state index in [0.717, 1.165) is 31.5 Å². The SMILES string of the molecule is COC[C@@H](O)CN1CCC[C@@H](C(C)C)CC1. The Labute approximate surface area is 99.8 Å². The number of hydrogen-bond donors (Lipinski definition) is 1. The van der Waals surface area contributed by atoms with Gasteiger partial charge in [0.05, 0.1) is 12.7 Å². The van der Waals surface area contributed by atoms with E-state index in [2.05, 4.69) is 18.7 Å². The molecule has 0 aromatic heterocycles. The first-order valence-electron chi connectivity index (χ1n) is 6.52. The Morgan fingerprint density at radius 3 is 2.69 bits per heavy atom. The molecule has 0 saturated carbocycles.